The van der Waals surface area contributed by atoms with Crippen molar-refractivity contribution in [3.63, 3.8) is 0 Å². The Morgan fingerprint density at radius 2 is 2.25 bits per heavy atom. The standard InChI is InChI=1S/C15H16F2N2O5/c16-14(17)23-11-2-1-9(5-12(11)22-7-13(18)20)10-6-15(24-19-10)3-4-21-8-15/h1-2,5,14H,3-4,6-8H2,(H2,18,20). The molecule has 0 aromatic heterocycles. The minimum absolute atomic E-state index is 0.0158. The molecule has 3 rings (SSSR count). The van der Waals surface area contributed by atoms with Crippen LogP contribution >= 0.6 is 0 Å². The largest absolute Gasteiger partial charge is 0.480 e. The van der Waals surface area contributed by atoms with Gasteiger partial charge in [0.1, 0.15) is 0 Å². The van der Waals surface area contributed by atoms with Crippen molar-refractivity contribution in [3.8, 4) is 11.5 Å². The third-order valence-electron chi connectivity index (χ3n) is 3.77. The first-order valence-electron chi connectivity index (χ1n) is 7.31. The van der Waals surface area contributed by atoms with E-state index in [2.05, 4.69) is 9.89 Å². The van der Waals surface area contributed by atoms with Crippen molar-refractivity contribution in [2.24, 2.45) is 10.9 Å². The lowest BCUT2D eigenvalue weighted by Crippen LogP contribution is -2.29. The molecule has 1 saturated heterocycles. The van der Waals surface area contributed by atoms with Crippen LogP contribution in [0, 0.1) is 0 Å². The van der Waals surface area contributed by atoms with Crippen LogP contribution in [0.2, 0.25) is 0 Å². The SMILES string of the molecule is NC(=O)COc1cc(C2=NOC3(CCOC3)C2)ccc1OC(F)F. The van der Waals surface area contributed by atoms with Crippen molar-refractivity contribution in [2.45, 2.75) is 25.1 Å². The van der Waals surface area contributed by atoms with Crippen molar-refractivity contribution in [2.75, 3.05) is 19.8 Å². The van der Waals surface area contributed by atoms with E-state index in [9.17, 15) is 13.6 Å². The first kappa shape index (κ1) is 16.4. The lowest BCUT2D eigenvalue weighted by Gasteiger charge is -2.17. The minimum Gasteiger partial charge on any atom is -0.480 e. The van der Waals surface area contributed by atoms with E-state index >= 15 is 0 Å². The maximum absolute atomic E-state index is 12.5. The number of alkyl halides is 2. The molecule has 1 aromatic rings. The fraction of sp³-hybridized carbons (Fsp3) is 0.467. The highest BCUT2D eigenvalue weighted by molar-refractivity contribution is 6.02. The number of carbonyl (C=O) groups excluding carboxylic acids is 1. The van der Waals surface area contributed by atoms with Crippen LogP contribution in [-0.4, -0.2) is 43.7 Å². The Balaban J connectivity index is 1.81. The number of nitrogens with zero attached hydrogens (tertiary/aromatic N) is 1. The molecule has 1 aromatic carbocycles. The molecule has 1 spiro atoms. The van der Waals surface area contributed by atoms with Crippen molar-refractivity contribution in [1.29, 1.82) is 0 Å². The normalized spacial score (nSPS) is 22.5. The number of carbonyl (C=O) groups is 1. The van der Waals surface area contributed by atoms with Crippen LogP contribution in [0.5, 0.6) is 11.5 Å². The van der Waals surface area contributed by atoms with Gasteiger partial charge >= 0.3 is 6.61 Å². The van der Waals surface area contributed by atoms with E-state index in [1.807, 2.05) is 0 Å². The van der Waals surface area contributed by atoms with E-state index in [1.165, 1.54) is 12.1 Å². The summed E-state index contributed by atoms with van der Waals surface area (Å²) in [6.07, 6.45) is 1.27. The van der Waals surface area contributed by atoms with Gasteiger partial charge in [0.25, 0.3) is 5.91 Å². The molecule has 1 atom stereocenters. The number of halogens is 2. The monoisotopic (exact) mass is 342 g/mol. The van der Waals surface area contributed by atoms with Gasteiger partial charge in [-0.05, 0) is 18.2 Å². The van der Waals surface area contributed by atoms with Gasteiger partial charge in [0.2, 0.25) is 0 Å². The molecule has 1 amide bonds. The molecule has 0 aliphatic carbocycles. The van der Waals surface area contributed by atoms with Gasteiger partial charge in [0, 0.05) is 18.4 Å². The average Bonchev–Trinajstić information content (AvgIpc) is 3.16. The molecule has 2 aliphatic heterocycles. The van der Waals surface area contributed by atoms with Gasteiger partial charge in [0.15, 0.2) is 23.7 Å². The third kappa shape index (κ3) is 3.56. The van der Waals surface area contributed by atoms with Crippen molar-refractivity contribution >= 4 is 11.6 Å². The molecule has 24 heavy (non-hydrogen) atoms. The Kier molecular flexibility index (Phi) is 4.52. The Morgan fingerprint density at radius 3 is 2.92 bits per heavy atom. The summed E-state index contributed by atoms with van der Waals surface area (Å²) in [6.45, 7) is -2.41. The fourth-order valence-corrected chi connectivity index (χ4v) is 2.62. The number of rotatable bonds is 6. The summed E-state index contributed by atoms with van der Waals surface area (Å²) >= 11 is 0. The number of hydrogen-bond donors (Lipinski definition) is 1. The van der Waals surface area contributed by atoms with Crippen LogP contribution in [0.4, 0.5) is 8.78 Å². The van der Waals surface area contributed by atoms with E-state index < -0.39 is 24.7 Å². The first-order valence-corrected chi connectivity index (χ1v) is 7.31. The topological polar surface area (TPSA) is 92.4 Å². The number of ether oxygens (including phenoxy) is 3. The Morgan fingerprint density at radius 1 is 1.42 bits per heavy atom. The zero-order valence-corrected chi connectivity index (χ0v) is 12.7. The molecule has 0 bridgehead atoms. The second-order valence-corrected chi connectivity index (χ2v) is 5.59. The lowest BCUT2D eigenvalue weighted by atomic mass is 9.93. The highest BCUT2D eigenvalue weighted by atomic mass is 19.3. The van der Waals surface area contributed by atoms with E-state index in [0.29, 0.717) is 30.9 Å². The lowest BCUT2D eigenvalue weighted by molar-refractivity contribution is -0.120. The van der Waals surface area contributed by atoms with Crippen LogP contribution in [0.3, 0.4) is 0 Å². The molecular weight excluding hydrogens is 326 g/mol. The third-order valence-corrected chi connectivity index (χ3v) is 3.77. The molecule has 1 fully saturated rings. The zero-order chi connectivity index (χ0) is 17.2. The van der Waals surface area contributed by atoms with Crippen LogP contribution in [0.15, 0.2) is 23.4 Å². The molecule has 2 aliphatic rings. The summed E-state index contributed by atoms with van der Waals surface area (Å²) in [7, 11) is 0. The molecule has 7 nitrogen and oxygen atoms in total. The summed E-state index contributed by atoms with van der Waals surface area (Å²) in [6, 6.07) is 4.38. The van der Waals surface area contributed by atoms with Gasteiger partial charge in [-0.2, -0.15) is 8.78 Å². The van der Waals surface area contributed by atoms with Crippen LogP contribution < -0.4 is 15.2 Å². The molecule has 0 saturated carbocycles. The van der Waals surface area contributed by atoms with Crippen LogP contribution in [-0.2, 0) is 14.4 Å². The van der Waals surface area contributed by atoms with Crippen molar-refractivity contribution < 1.29 is 32.6 Å². The highest BCUT2D eigenvalue weighted by Crippen LogP contribution is 2.36. The average molecular weight is 342 g/mol. The van der Waals surface area contributed by atoms with Gasteiger partial charge in [-0.25, -0.2) is 0 Å². The summed E-state index contributed by atoms with van der Waals surface area (Å²) in [5.41, 5.74) is 5.83. The van der Waals surface area contributed by atoms with Crippen molar-refractivity contribution in [1.82, 2.24) is 0 Å². The van der Waals surface area contributed by atoms with E-state index in [4.69, 9.17) is 20.0 Å². The predicted octanol–water partition coefficient (Wildman–Crippen LogP) is 1.44. The summed E-state index contributed by atoms with van der Waals surface area (Å²) in [5.74, 6) is -0.932. The first-order chi connectivity index (χ1) is 11.5. The number of primary amides is 1. The predicted molar refractivity (Wildman–Crippen MR) is 78.2 cm³/mol. The Hall–Kier alpha value is -2.42. The number of benzene rings is 1. The molecular formula is C15H16F2N2O5. The maximum atomic E-state index is 12.5. The molecule has 130 valence electrons. The molecule has 0 radical (unpaired) electrons. The van der Waals surface area contributed by atoms with Gasteiger partial charge in [0.05, 0.1) is 18.9 Å². The Labute approximate surface area is 136 Å². The van der Waals surface area contributed by atoms with Gasteiger partial charge in [-0.1, -0.05) is 5.16 Å². The maximum Gasteiger partial charge on any atom is 0.387 e. The van der Waals surface area contributed by atoms with Crippen molar-refractivity contribution in [3.05, 3.63) is 23.8 Å². The number of hydrogen-bond acceptors (Lipinski definition) is 6. The van der Waals surface area contributed by atoms with Gasteiger partial charge in [-0.15, -0.1) is 0 Å². The fourth-order valence-electron chi connectivity index (χ4n) is 2.62. The van der Waals surface area contributed by atoms with E-state index in [0.717, 1.165) is 6.42 Å². The number of amides is 1. The number of nitrogens with two attached hydrogens (primary N) is 1. The molecule has 2 N–H and O–H groups in total. The quantitative estimate of drug-likeness (QED) is 0.844. The van der Waals surface area contributed by atoms with E-state index in [-0.39, 0.29) is 11.5 Å². The van der Waals surface area contributed by atoms with Gasteiger partial charge in [-0.3, -0.25) is 4.79 Å². The van der Waals surface area contributed by atoms with Gasteiger partial charge < -0.3 is 24.8 Å². The van der Waals surface area contributed by atoms with Crippen LogP contribution in [0.25, 0.3) is 0 Å². The zero-order valence-electron chi connectivity index (χ0n) is 12.7. The summed E-state index contributed by atoms with van der Waals surface area (Å²) in [4.78, 5) is 16.4. The number of oxime groups is 1. The summed E-state index contributed by atoms with van der Waals surface area (Å²) < 4.78 is 39.8. The minimum atomic E-state index is -3.02. The molecule has 2 heterocycles. The molecule has 1 unspecified atom stereocenters. The second-order valence-electron chi connectivity index (χ2n) is 5.59. The van der Waals surface area contributed by atoms with E-state index in [1.54, 1.807) is 6.07 Å². The highest BCUT2D eigenvalue weighted by Gasteiger charge is 2.43. The summed E-state index contributed by atoms with van der Waals surface area (Å²) in [5, 5.41) is 4.07. The van der Waals surface area contributed by atoms with Crippen LogP contribution in [0.1, 0.15) is 18.4 Å². The molecule has 9 heteroatoms. The second kappa shape index (κ2) is 6.60. The Bertz CT molecular complexity index is 659. The smallest absolute Gasteiger partial charge is 0.387 e.